The van der Waals surface area contributed by atoms with Crippen LogP contribution in [0.3, 0.4) is 0 Å². The lowest BCUT2D eigenvalue weighted by Crippen LogP contribution is -2.41. The van der Waals surface area contributed by atoms with E-state index < -0.39 is 0 Å². The van der Waals surface area contributed by atoms with E-state index in [0.29, 0.717) is 6.61 Å². The molecule has 0 amide bonds. The van der Waals surface area contributed by atoms with E-state index in [1.165, 1.54) is 29.7 Å². The summed E-state index contributed by atoms with van der Waals surface area (Å²) < 4.78 is 5.96. The highest BCUT2D eigenvalue weighted by molar-refractivity contribution is 7.09. The molecular formula is C20H26N2O2S. The third-order valence-corrected chi connectivity index (χ3v) is 6.55. The fourth-order valence-corrected chi connectivity index (χ4v) is 5.11. The van der Waals surface area contributed by atoms with Gasteiger partial charge >= 0.3 is 0 Å². The summed E-state index contributed by atoms with van der Waals surface area (Å²) in [5.74, 6) is 0. The molecule has 1 aromatic heterocycles. The van der Waals surface area contributed by atoms with Crippen LogP contribution in [0.25, 0.3) is 0 Å². The van der Waals surface area contributed by atoms with Crippen molar-refractivity contribution < 1.29 is 9.84 Å². The van der Waals surface area contributed by atoms with Crippen LogP contribution < -0.4 is 0 Å². The van der Waals surface area contributed by atoms with Gasteiger partial charge in [-0.25, -0.2) is 4.98 Å². The summed E-state index contributed by atoms with van der Waals surface area (Å²) in [6.45, 7) is 5.76. The Morgan fingerprint density at radius 1 is 1.32 bits per heavy atom. The molecule has 0 saturated carbocycles. The predicted molar refractivity (Wildman–Crippen MR) is 99.9 cm³/mol. The van der Waals surface area contributed by atoms with Crippen LogP contribution in [0.15, 0.2) is 29.6 Å². The van der Waals surface area contributed by atoms with Crippen LogP contribution in [0.2, 0.25) is 0 Å². The van der Waals surface area contributed by atoms with Crippen molar-refractivity contribution in [1.29, 1.82) is 0 Å². The Labute approximate surface area is 153 Å². The summed E-state index contributed by atoms with van der Waals surface area (Å²) in [5, 5.41) is 12.5. The quantitative estimate of drug-likeness (QED) is 0.889. The van der Waals surface area contributed by atoms with E-state index in [1.54, 1.807) is 11.3 Å². The van der Waals surface area contributed by atoms with Crippen molar-refractivity contribution >= 4 is 11.3 Å². The fourth-order valence-electron chi connectivity index (χ4n) is 4.50. The lowest BCUT2D eigenvalue weighted by Gasteiger charge is -2.40. The van der Waals surface area contributed by atoms with Crippen molar-refractivity contribution in [3.63, 3.8) is 0 Å². The zero-order valence-corrected chi connectivity index (χ0v) is 15.6. The maximum Gasteiger partial charge on any atom is 0.0897 e. The molecule has 2 aliphatic rings. The second kappa shape index (κ2) is 7.16. The second-order valence-corrected chi connectivity index (χ2v) is 8.35. The Morgan fingerprint density at radius 2 is 2.12 bits per heavy atom. The van der Waals surface area contributed by atoms with Gasteiger partial charge in [-0.1, -0.05) is 24.3 Å². The van der Waals surface area contributed by atoms with Crippen LogP contribution in [-0.2, 0) is 16.7 Å². The monoisotopic (exact) mass is 358 g/mol. The number of piperidine rings is 1. The molecule has 0 bridgehead atoms. The molecule has 1 aliphatic heterocycles. The number of aryl methyl sites for hydroxylation is 1. The number of fused-ring (bicyclic) bond motifs is 2. The van der Waals surface area contributed by atoms with Gasteiger partial charge in [-0.15, -0.1) is 11.3 Å². The average Bonchev–Trinajstić information content (AvgIpc) is 3.17. The number of aliphatic hydroxyl groups excluding tert-OH is 1. The van der Waals surface area contributed by atoms with E-state index in [0.717, 1.165) is 31.1 Å². The molecule has 1 fully saturated rings. The topological polar surface area (TPSA) is 45.6 Å². The first kappa shape index (κ1) is 17.2. The molecular weight excluding hydrogens is 332 g/mol. The summed E-state index contributed by atoms with van der Waals surface area (Å²) >= 11 is 1.74. The minimum Gasteiger partial charge on any atom is -0.394 e. The highest BCUT2D eigenvalue weighted by atomic mass is 32.1. The van der Waals surface area contributed by atoms with Gasteiger partial charge in [0.25, 0.3) is 0 Å². The maximum absolute atomic E-state index is 9.12. The molecule has 1 spiro atoms. The van der Waals surface area contributed by atoms with Gasteiger partial charge in [0, 0.05) is 17.3 Å². The number of aromatic nitrogens is 1. The molecule has 1 aromatic carbocycles. The summed E-state index contributed by atoms with van der Waals surface area (Å²) in [7, 11) is 0. The largest absolute Gasteiger partial charge is 0.394 e. The van der Waals surface area contributed by atoms with Crippen LogP contribution >= 0.6 is 11.3 Å². The number of aliphatic hydroxyl groups is 1. The van der Waals surface area contributed by atoms with Gasteiger partial charge in [0.05, 0.1) is 30.0 Å². The van der Waals surface area contributed by atoms with E-state index in [9.17, 15) is 0 Å². The number of ether oxygens (including phenoxy) is 1. The van der Waals surface area contributed by atoms with Crippen LogP contribution in [-0.4, -0.2) is 41.3 Å². The maximum atomic E-state index is 9.12. The normalized spacial score (nSPS) is 22.4. The summed E-state index contributed by atoms with van der Waals surface area (Å²) in [4.78, 5) is 7.14. The lowest BCUT2D eigenvalue weighted by atomic mass is 9.73. The first-order valence-electron chi connectivity index (χ1n) is 9.15. The molecule has 1 atom stereocenters. The number of hydrogen-bond donors (Lipinski definition) is 1. The molecule has 0 radical (unpaired) electrons. The molecule has 0 unspecified atom stereocenters. The van der Waals surface area contributed by atoms with Gasteiger partial charge in [-0.05, 0) is 50.4 Å². The first-order valence-corrected chi connectivity index (χ1v) is 10.0. The second-order valence-electron chi connectivity index (χ2n) is 7.29. The van der Waals surface area contributed by atoms with E-state index in [4.69, 9.17) is 9.84 Å². The summed E-state index contributed by atoms with van der Waals surface area (Å²) in [6, 6.07) is 8.75. The van der Waals surface area contributed by atoms with Crippen molar-refractivity contribution in [2.75, 3.05) is 26.3 Å². The smallest absolute Gasteiger partial charge is 0.0897 e. The molecule has 2 heterocycles. The number of hydrogen-bond acceptors (Lipinski definition) is 5. The van der Waals surface area contributed by atoms with Crippen molar-refractivity contribution in [3.05, 3.63) is 51.5 Å². The van der Waals surface area contributed by atoms with Crippen molar-refractivity contribution in [2.24, 2.45) is 0 Å². The van der Waals surface area contributed by atoms with Crippen LogP contribution in [0.1, 0.15) is 47.2 Å². The Hall–Kier alpha value is -1.27. The minimum absolute atomic E-state index is 0.0898. The van der Waals surface area contributed by atoms with E-state index >= 15 is 0 Å². The third-order valence-electron chi connectivity index (χ3n) is 5.73. The Balaban J connectivity index is 1.46. The van der Waals surface area contributed by atoms with E-state index in [1.807, 2.05) is 0 Å². The summed E-state index contributed by atoms with van der Waals surface area (Å²) in [6.07, 6.45) is 3.53. The highest BCUT2D eigenvalue weighted by Gasteiger charge is 2.45. The zero-order chi connectivity index (χ0) is 17.3. The predicted octanol–water partition coefficient (Wildman–Crippen LogP) is 3.44. The SMILES string of the molecule is Cc1nc(CN2CCC3(CC2)C[C@H](OCCO)c2ccccc23)cs1. The lowest BCUT2D eigenvalue weighted by molar-refractivity contribution is 0.0128. The zero-order valence-electron chi connectivity index (χ0n) is 14.8. The number of nitrogens with zero attached hydrogens (tertiary/aromatic N) is 2. The number of likely N-dealkylation sites (tertiary alicyclic amines) is 1. The molecule has 1 N–H and O–H groups in total. The highest BCUT2D eigenvalue weighted by Crippen LogP contribution is 2.52. The molecule has 4 rings (SSSR count). The first-order chi connectivity index (χ1) is 12.2. The Kier molecular flexibility index (Phi) is 4.91. The number of rotatable bonds is 5. The van der Waals surface area contributed by atoms with Gasteiger partial charge < -0.3 is 9.84 Å². The van der Waals surface area contributed by atoms with Crippen molar-refractivity contribution in [1.82, 2.24) is 9.88 Å². The number of thiazole rings is 1. The van der Waals surface area contributed by atoms with Crippen molar-refractivity contribution in [3.8, 4) is 0 Å². The van der Waals surface area contributed by atoms with E-state index in [2.05, 4.69) is 46.5 Å². The van der Waals surface area contributed by atoms with E-state index in [-0.39, 0.29) is 18.1 Å². The molecule has 1 aliphatic carbocycles. The minimum atomic E-state index is 0.0898. The van der Waals surface area contributed by atoms with Crippen LogP contribution in [0.4, 0.5) is 0 Å². The fraction of sp³-hybridized carbons (Fsp3) is 0.550. The average molecular weight is 359 g/mol. The Morgan fingerprint density at radius 3 is 2.84 bits per heavy atom. The molecule has 5 heteroatoms. The molecule has 2 aromatic rings. The molecule has 25 heavy (non-hydrogen) atoms. The van der Waals surface area contributed by atoms with Gasteiger partial charge in [0.2, 0.25) is 0 Å². The third kappa shape index (κ3) is 3.38. The number of benzene rings is 1. The van der Waals surface area contributed by atoms with Crippen molar-refractivity contribution in [2.45, 2.75) is 44.2 Å². The van der Waals surface area contributed by atoms with Gasteiger partial charge in [-0.2, -0.15) is 0 Å². The molecule has 4 nitrogen and oxygen atoms in total. The van der Waals surface area contributed by atoms with Gasteiger partial charge in [0.1, 0.15) is 0 Å². The van der Waals surface area contributed by atoms with Gasteiger partial charge in [-0.3, -0.25) is 4.90 Å². The standard InChI is InChI=1S/C20H26N2O2S/c1-15-21-16(14-25-15)13-22-8-6-20(7-9-22)12-19(24-11-10-23)17-4-2-3-5-18(17)20/h2-5,14,19,23H,6-13H2,1H3/t19-/m0/s1. The van der Waals surface area contributed by atoms with Crippen LogP contribution in [0, 0.1) is 6.92 Å². The van der Waals surface area contributed by atoms with Gasteiger partial charge in [0.15, 0.2) is 0 Å². The molecule has 134 valence electrons. The molecule has 1 saturated heterocycles. The summed E-state index contributed by atoms with van der Waals surface area (Å²) in [5.41, 5.74) is 4.25. The Bertz CT molecular complexity index is 722. The van der Waals surface area contributed by atoms with Crippen LogP contribution in [0.5, 0.6) is 0 Å².